The van der Waals surface area contributed by atoms with Crippen molar-refractivity contribution in [2.45, 2.75) is 31.8 Å². The highest BCUT2D eigenvalue weighted by Gasteiger charge is 2.27. The largest absolute Gasteiger partial charge is 0.494 e. The third-order valence-corrected chi connectivity index (χ3v) is 6.46. The maximum Gasteiger partial charge on any atom is 0.226 e. The minimum Gasteiger partial charge on any atom is -0.494 e. The molecule has 1 amide bonds. The number of carbonyl (C=O) groups is 1. The van der Waals surface area contributed by atoms with Crippen LogP contribution in [0.4, 0.5) is 5.95 Å². The zero-order valence-corrected chi connectivity index (χ0v) is 19.4. The third kappa shape index (κ3) is 5.09. The van der Waals surface area contributed by atoms with Gasteiger partial charge in [-0.25, -0.2) is 14.6 Å². The second-order valence-electron chi connectivity index (χ2n) is 7.73. The first-order valence-corrected chi connectivity index (χ1v) is 11.8. The Labute approximate surface area is 191 Å². The number of ether oxygens (including phenoxy) is 1. The average Bonchev–Trinajstić information content (AvgIpc) is 3.21. The fourth-order valence-corrected chi connectivity index (χ4v) is 4.52. The van der Waals surface area contributed by atoms with E-state index in [1.165, 1.54) is 11.8 Å². The number of aromatic nitrogens is 6. The molecule has 1 unspecified atom stereocenters. The van der Waals surface area contributed by atoms with Gasteiger partial charge in [0, 0.05) is 37.8 Å². The monoisotopic (exact) mass is 456 g/mol. The number of tetrazole rings is 1. The van der Waals surface area contributed by atoms with Crippen molar-refractivity contribution in [1.29, 1.82) is 0 Å². The second-order valence-corrected chi connectivity index (χ2v) is 8.79. The minimum atomic E-state index is -0.0785. The molecule has 2 aromatic heterocycles. The Balaban J connectivity index is 1.36. The van der Waals surface area contributed by atoms with Gasteiger partial charge in [-0.15, -0.1) is 5.10 Å². The number of aryl methyl sites for hydroxylation is 2. The number of nitrogens with zero attached hydrogens (tertiary/aromatic N) is 7. The van der Waals surface area contributed by atoms with E-state index in [-0.39, 0.29) is 11.8 Å². The fourth-order valence-electron chi connectivity index (χ4n) is 3.82. The van der Waals surface area contributed by atoms with Crippen LogP contribution in [0.25, 0.3) is 10.9 Å². The van der Waals surface area contributed by atoms with Crippen LogP contribution in [0.2, 0.25) is 0 Å². The molecule has 0 radical (unpaired) electrons. The number of piperidine rings is 1. The SMILES string of the molecule is CCOc1ccc2nc(N3CCCC(C(=O)NCCSc4nnnn4C)C3)nc(C)c2c1. The highest BCUT2D eigenvalue weighted by Crippen LogP contribution is 2.26. The van der Waals surface area contributed by atoms with E-state index in [4.69, 9.17) is 14.7 Å². The summed E-state index contributed by atoms with van der Waals surface area (Å²) in [5.41, 5.74) is 1.80. The molecule has 3 heterocycles. The van der Waals surface area contributed by atoms with Gasteiger partial charge in [-0.3, -0.25) is 4.79 Å². The Hall–Kier alpha value is -2.95. The number of anilines is 1. The predicted molar refractivity (Wildman–Crippen MR) is 123 cm³/mol. The molecule has 4 rings (SSSR count). The number of nitrogens with one attached hydrogen (secondary N) is 1. The van der Waals surface area contributed by atoms with Crippen molar-refractivity contribution in [2.24, 2.45) is 13.0 Å². The van der Waals surface area contributed by atoms with Crippen LogP contribution in [-0.4, -0.2) is 68.1 Å². The number of carbonyl (C=O) groups excluding carboxylic acids is 1. The molecule has 1 fully saturated rings. The maximum atomic E-state index is 12.7. The number of hydrogen-bond donors (Lipinski definition) is 1. The van der Waals surface area contributed by atoms with Crippen molar-refractivity contribution in [3.8, 4) is 5.75 Å². The van der Waals surface area contributed by atoms with Crippen molar-refractivity contribution >= 4 is 34.5 Å². The third-order valence-electron chi connectivity index (χ3n) is 5.45. The number of hydrogen-bond acceptors (Lipinski definition) is 9. The van der Waals surface area contributed by atoms with Gasteiger partial charge < -0.3 is 15.0 Å². The highest BCUT2D eigenvalue weighted by atomic mass is 32.2. The van der Waals surface area contributed by atoms with E-state index in [0.717, 1.165) is 46.9 Å². The van der Waals surface area contributed by atoms with Crippen LogP contribution in [0.3, 0.4) is 0 Å². The van der Waals surface area contributed by atoms with Crippen molar-refractivity contribution in [2.75, 3.05) is 36.9 Å². The van der Waals surface area contributed by atoms with Crippen molar-refractivity contribution in [1.82, 2.24) is 35.5 Å². The van der Waals surface area contributed by atoms with Crippen LogP contribution in [0.15, 0.2) is 23.4 Å². The van der Waals surface area contributed by atoms with Crippen LogP contribution < -0.4 is 15.0 Å². The molecule has 170 valence electrons. The molecule has 1 aliphatic rings. The molecular formula is C21H28N8O2S. The lowest BCUT2D eigenvalue weighted by Crippen LogP contribution is -2.44. The van der Waals surface area contributed by atoms with E-state index in [1.54, 1.807) is 11.7 Å². The maximum absolute atomic E-state index is 12.7. The van der Waals surface area contributed by atoms with E-state index >= 15 is 0 Å². The second kappa shape index (κ2) is 10.1. The molecule has 0 spiro atoms. The molecule has 0 saturated carbocycles. The lowest BCUT2D eigenvalue weighted by atomic mass is 9.97. The van der Waals surface area contributed by atoms with Crippen molar-refractivity contribution < 1.29 is 9.53 Å². The zero-order valence-electron chi connectivity index (χ0n) is 18.6. The van der Waals surface area contributed by atoms with Gasteiger partial charge in [0.15, 0.2) is 0 Å². The quantitative estimate of drug-likeness (QED) is 0.402. The van der Waals surface area contributed by atoms with Gasteiger partial charge in [0.2, 0.25) is 17.0 Å². The molecule has 32 heavy (non-hydrogen) atoms. The Morgan fingerprint density at radius 3 is 3.00 bits per heavy atom. The molecule has 3 aromatic rings. The molecule has 1 aliphatic heterocycles. The molecule has 1 saturated heterocycles. The highest BCUT2D eigenvalue weighted by molar-refractivity contribution is 7.99. The van der Waals surface area contributed by atoms with Crippen LogP contribution in [0.1, 0.15) is 25.5 Å². The Kier molecular flexibility index (Phi) is 7.03. The molecule has 1 aromatic carbocycles. The Bertz CT molecular complexity index is 1090. The normalized spacial score (nSPS) is 16.3. The summed E-state index contributed by atoms with van der Waals surface area (Å²) >= 11 is 1.52. The van der Waals surface area contributed by atoms with Crippen molar-refractivity contribution in [3.63, 3.8) is 0 Å². The molecule has 10 nitrogen and oxygen atoms in total. The number of benzene rings is 1. The summed E-state index contributed by atoms with van der Waals surface area (Å²) in [6, 6.07) is 5.89. The topological polar surface area (TPSA) is 111 Å². The molecule has 1 N–H and O–H groups in total. The summed E-state index contributed by atoms with van der Waals surface area (Å²) in [6.45, 7) is 6.61. The van der Waals surface area contributed by atoms with Gasteiger partial charge in [0.05, 0.1) is 23.7 Å². The molecular weight excluding hydrogens is 428 g/mol. The predicted octanol–water partition coefficient (Wildman–Crippen LogP) is 1.99. The summed E-state index contributed by atoms with van der Waals surface area (Å²) in [4.78, 5) is 24.4. The first-order valence-electron chi connectivity index (χ1n) is 10.8. The van der Waals surface area contributed by atoms with Crippen LogP contribution >= 0.6 is 11.8 Å². The summed E-state index contributed by atoms with van der Waals surface area (Å²) in [5, 5.41) is 16.1. The van der Waals surface area contributed by atoms with Crippen LogP contribution in [0.5, 0.6) is 5.75 Å². The van der Waals surface area contributed by atoms with E-state index in [0.29, 0.717) is 31.4 Å². The van der Waals surface area contributed by atoms with Gasteiger partial charge >= 0.3 is 0 Å². The van der Waals surface area contributed by atoms with Gasteiger partial charge in [-0.2, -0.15) is 0 Å². The number of amides is 1. The average molecular weight is 457 g/mol. The van der Waals surface area contributed by atoms with Gasteiger partial charge in [0.1, 0.15) is 5.75 Å². The first kappa shape index (κ1) is 22.3. The van der Waals surface area contributed by atoms with Crippen LogP contribution in [0, 0.1) is 12.8 Å². The summed E-state index contributed by atoms with van der Waals surface area (Å²) in [6.07, 6.45) is 1.80. The van der Waals surface area contributed by atoms with E-state index in [1.807, 2.05) is 32.0 Å². The number of fused-ring (bicyclic) bond motifs is 1. The summed E-state index contributed by atoms with van der Waals surface area (Å²) < 4.78 is 7.22. The van der Waals surface area contributed by atoms with E-state index < -0.39 is 0 Å². The lowest BCUT2D eigenvalue weighted by molar-refractivity contribution is -0.125. The summed E-state index contributed by atoms with van der Waals surface area (Å²) in [5.74, 6) is 2.22. The Morgan fingerprint density at radius 1 is 1.34 bits per heavy atom. The standard InChI is InChI=1S/C21H28N8O2S/c1-4-31-16-7-8-18-17(12-16)14(2)23-20(24-18)29-10-5-6-15(13-29)19(30)22-9-11-32-21-25-26-27-28(21)3/h7-8,12,15H,4-6,9-11,13H2,1-3H3,(H,22,30). The van der Waals surface area contributed by atoms with Gasteiger partial charge in [0.25, 0.3) is 0 Å². The zero-order chi connectivity index (χ0) is 22.5. The minimum absolute atomic E-state index is 0.0743. The number of rotatable bonds is 8. The smallest absolute Gasteiger partial charge is 0.226 e. The van der Waals surface area contributed by atoms with E-state index in [9.17, 15) is 4.79 Å². The van der Waals surface area contributed by atoms with Gasteiger partial charge in [-0.1, -0.05) is 11.8 Å². The van der Waals surface area contributed by atoms with Gasteiger partial charge in [-0.05, 0) is 55.3 Å². The molecule has 11 heteroatoms. The number of thioether (sulfide) groups is 1. The lowest BCUT2D eigenvalue weighted by Gasteiger charge is -2.32. The Morgan fingerprint density at radius 2 is 2.22 bits per heavy atom. The van der Waals surface area contributed by atoms with Crippen LogP contribution in [-0.2, 0) is 11.8 Å². The molecule has 1 atom stereocenters. The van der Waals surface area contributed by atoms with E-state index in [2.05, 4.69) is 25.7 Å². The molecule has 0 bridgehead atoms. The first-order chi connectivity index (χ1) is 15.5. The summed E-state index contributed by atoms with van der Waals surface area (Å²) in [7, 11) is 1.80. The fraction of sp³-hybridized carbons (Fsp3) is 0.524. The van der Waals surface area contributed by atoms with Crippen molar-refractivity contribution in [3.05, 3.63) is 23.9 Å². The molecule has 0 aliphatic carbocycles.